The van der Waals surface area contributed by atoms with Crippen LogP contribution in [0.5, 0.6) is 0 Å². The van der Waals surface area contributed by atoms with Crippen LogP contribution in [0.3, 0.4) is 0 Å². The van der Waals surface area contributed by atoms with E-state index in [1.54, 1.807) is 0 Å². The van der Waals surface area contributed by atoms with Gasteiger partial charge in [-0.05, 0) is 25.2 Å². The highest BCUT2D eigenvalue weighted by atomic mass is 16.1. The molecule has 0 saturated heterocycles. The maximum absolute atomic E-state index is 12.0. The van der Waals surface area contributed by atoms with Gasteiger partial charge in [-0.3, -0.25) is 4.79 Å². The van der Waals surface area contributed by atoms with Crippen LogP contribution in [0.1, 0.15) is 52.4 Å². The van der Waals surface area contributed by atoms with E-state index >= 15 is 0 Å². The molecule has 0 aromatic rings. The van der Waals surface area contributed by atoms with Crippen LogP contribution in [-0.2, 0) is 4.79 Å². The van der Waals surface area contributed by atoms with E-state index in [9.17, 15) is 4.79 Å². The molecule has 2 nitrogen and oxygen atoms in total. The van der Waals surface area contributed by atoms with Crippen molar-refractivity contribution in [3.8, 4) is 0 Å². The summed E-state index contributed by atoms with van der Waals surface area (Å²) in [5, 5.41) is 0. The zero-order valence-corrected chi connectivity index (χ0v) is 10.0. The van der Waals surface area contributed by atoms with Gasteiger partial charge in [0.15, 0.2) is 5.78 Å². The molecule has 0 aliphatic heterocycles. The molecule has 0 bridgehead atoms. The molecule has 0 heterocycles. The van der Waals surface area contributed by atoms with Crippen molar-refractivity contribution in [3.05, 3.63) is 12.2 Å². The zero-order chi connectivity index (χ0) is 11.5. The summed E-state index contributed by atoms with van der Waals surface area (Å²) in [4.78, 5) is 12.0. The fraction of sp³-hybridized carbons (Fsp3) is 0.769. The highest BCUT2D eigenvalue weighted by Gasteiger charge is 2.37. The van der Waals surface area contributed by atoms with Gasteiger partial charge in [0.1, 0.15) is 0 Å². The molecule has 1 aliphatic rings. The molecule has 0 spiro atoms. The van der Waals surface area contributed by atoms with Gasteiger partial charge in [-0.1, -0.05) is 38.8 Å². The van der Waals surface area contributed by atoms with Crippen LogP contribution < -0.4 is 5.73 Å². The lowest BCUT2D eigenvalue weighted by Crippen LogP contribution is -2.51. The second-order valence-electron chi connectivity index (χ2n) is 5.06. The summed E-state index contributed by atoms with van der Waals surface area (Å²) < 4.78 is 0. The molecule has 86 valence electrons. The Balaban J connectivity index is 2.60. The summed E-state index contributed by atoms with van der Waals surface area (Å²) in [7, 11) is 0. The van der Waals surface area contributed by atoms with Gasteiger partial charge in [0.2, 0.25) is 0 Å². The number of allylic oxidation sites excluding steroid dienone is 1. The van der Waals surface area contributed by atoms with Gasteiger partial charge >= 0.3 is 0 Å². The summed E-state index contributed by atoms with van der Waals surface area (Å²) in [6.07, 6.45) is 5.34. The molecule has 2 atom stereocenters. The minimum absolute atomic E-state index is 0.195. The highest BCUT2D eigenvalue weighted by Crippen LogP contribution is 2.32. The second kappa shape index (κ2) is 4.93. The van der Waals surface area contributed by atoms with Gasteiger partial charge < -0.3 is 5.73 Å². The molecule has 1 rings (SSSR count). The third-order valence-corrected chi connectivity index (χ3v) is 3.50. The summed E-state index contributed by atoms with van der Waals surface area (Å²) >= 11 is 0. The van der Waals surface area contributed by atoms with Crippen molar-refractivity contribution in [2.75, 3.05) is 0 Å². The molecule has 0 radical (unpaired) electrons. The van der Waals surface area contributed by atoms with Gasteiger partial charge in [-0.25, -0.2) is 0 Å². The summed E-state index contributed by atoms with van der Waals surface area (Å²) in [5.74, 6) is 0.781. The predicted molar refractivity (Wildman–Crippen MR) is 63.6 cm³/mol. The van der Waals surface area contributed by atoms with Crippen LogP contribution in [0.4, 0.5) is 0 Å². The first-order valence-corrected chi connectivity index (χ1v) is 5.97. The van der Waals surface area contributed by atoms with Crippen molar-refractivity contribution in [2.45, 2.75) is 57.9 Å². The Morgan fingerprint density at radius 1 is 1.60 bits per heavy atom. The van der Waals surface area contributed by atoms with Crippen LogP contribution in [-0.4, -0.2) is 11.3 Å². The first-order valence-electron chi connectivity index (χ1n) is 5.97. The maximum Gasteiger partial charge on any atom is 0.156 e. The molecule has 15 heavy (non-hydrogen) atoms. The lowest BCUT2D eigenvalue weighted by molar-refractivity contribution is -0.125. The molecule has 1 saturated carbocycles. The molecule has 1 aliphatic carbocycles. The third kappa shape index (κ3) is 3.16. The summed E-state index contributed by atoms with van der Waals surface area (Å²) in [6.45, 7) is 8.10. The van der Waals surface area contributed by atoms with Crippen LogP contribution in [0.2, 0.25) is 0 Å². The zero-order valence-electron chi connectivity index (χ0n) is 10.0. The monoisotopic (exact) mass is 209 g/mol. The molecule has 1 fully saturated rings. The van der Waals surface area contributed by atoms with E-state index in [0.29, 0.717) is 12.3 Å². The Morgan fingerprint density at radius 3 is 2.80 bits per heavy atom. The fourth-order valence-electron chi connectivity index (χ4n) is 2.37. The van der Waals surface area contributed by atoms with Gasteiger partial charge in [0.25, 0.3) is 0 Å². The first-order chi connectivity index (χ1) is 6.98. The first kappa shape index (κ1) is 12.4. The van der Waals surface area contributed by atoms with Gasteiger partial charge in [0.05, 0.1) is 5.54 Å². The normalized spacial score (nSPS) is 31.3. The maximum atomic E-state index is 12.0. The van der Waals surface area contributed by atoms with E-state index in [1.165, 1.54) is 6.42 Å². The molecular weight excluding hydrogens is 186 g/mol. The minimum atomic E-state index is -0.560. The van der Waals surface area contributed by atoms with Crippen molar-refractivity contribution < 1.29 is 4.79 Å². The van der Waals surface area contributed by atoms with Crippen LogP contribution in [0, 0.1) is 5.92 Å². The Labute approximate surface area is 92.9 Å². The average Bonchev–Trinajstić information content (AvgIpc) is 2.17. The SMILES string of the molecule is C=C(CC)CC(=O)C1(N)CCCC(C)C1. The van der Waals surface area contributed by atoms with E-state index in [-0.39, 0.29) is 5.78 Å². The van der Waals surface area contributed by atoms with E-state index in [4.69, 9.17) is 5.73 Å². The largest absolute Gasteiger partial charge is 0.319 e. The highest BCUT2D eigenvalue weighted by molar-refractivity contribution is 5.90. The van der Waals surface area contributed by atoms with Crippen LogP contribution in [0.15, 0.2) is 12.2 Å². The van der Waals surface area contributed by atoms with E-state index < -0.39 is 5.54 Å². The Morgan fingerprint density at radius 2 is 2.27 bits per heavy atom. The molecular formula is C13H23NO. The average molecular weight is 209 g/mol. The molecule has 2 unspecified atom stereocenters. The number of rotatable bonds is 4. The topological polar surface area (TPSA) is 43.1 Å². The molecule has 0 amide bonds. The van der Waals surface area contributed by atoms with Crippen LogP contribution >= 0.6 is 0 Å². The van der Waals surface area contributed by atoms with Crippen molar-refractivity contribution in [1.29, 1.82) is 0 Å². The van der Waals surface area contributed by atoms with Crippen LogP contribution in [0.25, 0.3) is 0 Å². The number of Topliss-reactive ketones (excluding diaryl/α,β-unsaturated/α-hetero) is 1. The van der Waals surface area contributed by atoms with Gasteiger partial charge in [0, 0.05) is 6.42 Å². The van der Waals surface area contributed by atoms with Crippen molar-refractivity contribution in [3.63, 3.8) is 0 Å². The quantitative estimate of drug-likeness (QED) is 0.723. The number of nitrogens with two attached hydrogens (primary N) is 1. The number of carbonyl (C=O) groups excluding carboxylic acids is 1. The van der Waals surface area contributed by atoms with Crippen molar-refractivity contribution in [2.24, 2.45) is 11.7 Å². The van der Waals surface area contributed by atoms with E-state index in [1.807, 2.05) is 6.92 Å². The standard InChI is InChI=1S/C13H23NO/c1-4-10(2)8-12(15)13(14)7-5-6-11(3)9-13/h11H,2,4-9,14H2,1,3H3. The Kier molecular flexibility index (Phi) is 4.09. The molecule has 2 N–H and O–H groups in total. The van der Waals surface area contributed by atoms with E-state index in [2.05, 4.69) is 13.5 Å². The van der Waals surface area contributed by atoms with Crippen molar-refractivity contribution >= 4 is 5.78 Å². The van der Waals surface area contributed by atoms with Crippen molar-refractivity contribution in [1.82, 2.24) is 0 Å². The lowest BCUT2D eigenvalue weighted by atomic mass is 9.73. The number of carbonyl (C=O) groups is 1. The fourth-order valence-corrected chi connectivity index (χ4v) is 2.37. The third-order valence-electron chi connectivity index (χ3n) is 3.50. The number of hydrogen-bond acceptors (Lipinski definition) is 2. The van der Waals surface area contributed by atoms with Gasteiger partial charge in [-0.2, -0.15) is 0 Å². The summed E-state index contributed by atoms with van der Waals surface area (Å²) in [5.41, 5.74) is 6.65. The molecule has 0 aromatic heterocycles. The Hall–Kier alpha value is -0.630. The van der Waals surface area contributed by atoms with Gasteiger partial charge in [-0.15, -0.1) is 0 Å². The summed E-state index contributed by atoms with van der Waals surface area (Å²) in [6, 6.07) is 0. The number of ketones is 1. The molecule has 0 aromatic carbocycles. The number of hydrogen-bond donors (Lipinski definition) is 1. The second-order valence-corrected chi connectivity index (χ2v) is 5.06. The lowest BCUT2D eigenvalue weighted by Gasteiger charge is -2.35. The predicted octanol–water partition coefficient (Wildman–Crippen LogP) is 2.82. The smallest absolute Gasteiger partial charge is 0.156 e. The Bertz CT molecular complexity index is 259. The minimum Gasteiger partial charge on any atom is -0.319 e. The van der Waals surface area contributed by atoms with E-state index in [0.717, 1.165) is 31.3 Å². The molecule has 2 heteroatoms.